The molecule has 1 aromatic carbocycles. The van der Waals surface area contributed by atoms with Crippen LogP contribution in [0.5, 0.6) is 0 Å². The van der Waals surface area contributed by atoms with Crippen molar-refractivity contribution in [3.8, 4) is 10.4 Å². The highest BCUT2D eigenvalue weighted by atomic mass is 32.1. The summed E-state index contributed by atoms with van der Waals surface area (Å²) in [4.78, 5) is 26.3. The molecule has 1 saturated heterocycles. The molecule has 0 atom stereocenters. The second-order valence-corrected chi connectivity index (χ2v) is 9.46. The summed E-state index contributed by atoms with van der Waals surface area (Å²) in [6.45, 7) is 3.52. The molecule has 2 heterocycles. The molecule has 0 bridgehead atoms. The summed E-state index contributed by atoms with van der Waals surface area (Å²) in [5.41, 5.74) is 1.12. The van der Waals surface area contributed by atoms with Gasteiger partial charge in [0.1, 0.15) is 10.8 Å². The maximum Gasteiger partial charge on any atom is 0.340 e. The highest BCUT2D eigenvalue weighted by Crippen LogP contribution is 2.39. The van der Waals surface area contributed by atoms with E-state index in [-0.39, 0.29) is 11.9 Å². The van der Waals surface area contributed by atoms with E-state index in [0.29, 0.717) is 36.6 Å². The van der Waals surface area contributed by atoms with E-state index in [1.807, 2.05) is 0 Å². The van der Waals surface area contributed by atoms with Crippen molar-refractivity contribution in [1.29, 1.82) is 0 Å². The highest BCUT2D eigenvalue weighted by Gasteiger charge is 2.28. The molecule has 1 aliphatic heterocycles. The van der Waals surface area contributed by atoms with Crippen LogP contribution in [0.3, 0.4) is 0 Å². The van der Waals surface area contributed by atoms with Gasteiger partial charge in [-0.3, -0.25) is 4.79 Å². The minimum atomic E-state index is -0.501. The van der Waals surface area contributed by atoms with E-state index >= 15 is 0 Å². The summed E-state index contributed by atoms with van der Waals surface area (Å²) in [6.07, 6.45) is 9.61. The van der Waals surface area contributed by atoms with Gasteiger partial charge < -0.3 is 14.4 Å². The lowest BCUT2D eigenvalue weighted by Crippen LogP contribution is -2.38. The lowest BCUT2D eigenvalue weighted by atomic mass is 9.91. The fraction of sp³-hybridized carbons (Fsp3) is 0.520. The third-order valence-electron chi connectivity index (χ3n) is 6.07. The van der Waals surface area contributed by atoms with Crippen LogP contribution in [0.15, 0.2) is 30.3 Å². The number of amides is 1. The minimum Gasteiger partial charge on any atom is -0.465 e. The van der Waals surface area contributed by atoms with Gasteiger partial charge in [0.15, 0.2) is 0 Å². The Morgan fingerprint density at radius 3 is 2.31 bits per heavy atom. The van der Waals surface area contributed by atoms with E-state index in [2.05, 4.69) is 6.92 Å². The molecule has 1 saturated carbocycles. The van der Waals surface area contributed by atoms with Crippen LogP contribution in [-0.2, 0) is 14.3 Å². The number of thiophene rings is 1. The number of carbonyl (C=O) groups excluding carboxylic acids is 2. The molecule has 174 valence electrons. The smallest absolute Gasteiger partial charge is 0.340 e. The molecule has 1 aromatic heterocycles. The number of halogens is 1. The number of rotatable bonds is 5. The van der Waals surface area contributed by atoms with Gasteiger partial charge >= 0.3 is 5.97 Å². The van der Waals surface area contributed by atoms with E-state index in [1.54, 1.807) is 23.1 Å². The Kier molecular flexibility index (Phi) is 9.23. The van der Waals surface area contributed by atoms with Gasteiger partial charge in [0.05, 0.1) is 12.7 Å². The maximum absolute atomic E-state index is 13.2. The monoisotopic (exact) mass is 461 g/mol. The first-order chi connectivity index (χ1) is 15.5. The van der Waals surface area contributed by atoms with Crippen LogP contribution >= 0.6 is 11.3 Å². The molecule has 0 unspecified atom stereocenters. The quantitative estimate of drug-likeness (QED) is 0.401. The summed E-state index contributed by atoms with van der Waals surface area (Å²) in [5, 5.41) is 0.549. The molecule has 0 spiro atoms. The van der Waals surface area contributed by atoms with E-state index in [0.717, 1.165) is 22.8 Å². The summed E-state index contributed by atoms with van der Waals surface area (Å²) < 4.78 is 23.4. The van der Waals surface area contributed by atoms with Gasteiger partial charge in [-0.05, 0) is 42.5 Å². The number of esters is 1. The van der Waals surface area contributed by atoms with Gasteiger partial charge in [-0.2, -0.15) is 0 Å². The van der Waals surface area contributed by atoms with E-state index in [4.69, 9.17) is 9.47 Å². The Balaban J connectivity index is 0.000000352. The number of anilines is 1. The summed E-state index contributed by atoms with van der Waals surface area (Å²) in [5.74, 6) is 0.206. The first kappa shape index (κ1) is 24.4. The Bertz CT molecular complexity index is 871. The normalized spacial score (nSPS) is 17.2. The molecule has 1 amide bonds. The molecule has 7 heteroatoms. The van der Waals surface area contributed by atoms with Crippen LogP contribution in [0, 0.1) is 11.7 Å². The zero-order valence-corrected chi connectivity index (χ0v) is 19.7. The molecule has 1 aliphatic carbocycles. The molecule has 2 aliphatic rings. The minimum absolute atomic E-state index is 0.0191. The number of carbonyl (C=O) groups is 2. The third-order valence-corrected chi connectivity index (χ3v) is 7.27. The Morgan fingerprint density at radius 2 is 1.78 bits per heavy atom. The molecule has 32 heavy (non-hydrogen) atoms. The van der Waals surface area contributed by atoms with Crippen molar-refractivity contribution in [3.63, 3.8) is 0 Å². The zero-order chi connectivity index (χ0) is 22.9. The molecular formula is C25H32FNO4S. The first-order valence-electron chi connectivity index (χ1n) is 11.3. The number of methoxy groups -OCH3 is 1. The van der Waals surface area contributed by atoms with Crippen molar-refractivity contribution < 1.29 is 23.5 Å². The van der Waals surface area contributed by atoms with Crippen molar-refractivity contribution >= 4 is 28.7 Å². The van der Waals surface area contributed by atoms with Crippen LogP contribution in [0.4, 0.5) is 9.39 Å². The zero-order valence-electron chi connectivity index (χ0n) is 18.8. The van der Waals surface area contributed by atoms with Gasteiger partial charge in [-0.15, -0.1) is 11.3 Å². The number of hydrogen-bond donors (Lipinski definition) is 0. The Hall–Kier alpha value is -2.25. The fourth-order valence-electron chi connectivity index (χ4n) is 4.16. The second kappa shape index (κ2) is 12.1. The molecule has 0 N–H and O–H groups in total. The van der Waals surface area contributed by atoms with Crippen molar-refractivity contribution in [2.24, 2.45) is 5.92 Å². The van der Waals surface area contributed by atoms with Crippen LogP contribution < -0.4 is 4.90 Å². The van der Waals surface area contributed by atoms with E-state index in [9.17, 15) is 14.0 Å². The summed E-state index contributed by atoms with van der Waals surface area (Å²) >= 11 is 1.32. The van der Waals surface area contributed by atoms with Crippen LogP contribution in [0.2, 0.25) is 0 Å². The number of ether oxygens (including phenoxy) is 2. The molecular weight excluding hydrogens is 429 g/mol. The first-order valence-corrected chi connectivity index (χ1v) is 12.1. The molecule has 2 fully saturated rings. The average Bonchev–Trinajstić information content (AvgIpc) is 3.26. The van der Waals surface area contributed by atoms with Gasteiger partial charge in [0.25, 0.3) is 0 Å². The van der Waals surface area contributed by atoms with Gasteiger partial charge in [-0.25, -0.2) is 9.18 Å². The molecule has 5 nitrogen and oxygen atoms in total. The summed E-state index contributed by atoms with van der Waals surface area (Å²) in [6, 6.07) is 7.69. The standard InChI is InChI=1S/C18H18FNO4S.C7H14/c1-23-18(22)15-10-16(12-2-4-13(19)5-3-12)25-17(15)20(11-21)14-6-8-24-9-7-14;1-7-5-3-2-4-6-7/h2-5,10-11,14H,6-9H2,1H3;7H,2-6H2,1H3. The topological polar surface area (TPSA) is 55.8 Å². The lowest BCUT2D eigenvalue weighted by Gasteiger charge is -2.30. The number of nitrogens with zero attached hydrogens (tertiary/aromatic N) is 1. The number of benzene rings is 1. The maximum atomic E-state index is 13.2. The van der Waals surface area contributed by atoms with Crippen molar-refractivity contribution in [1.82, 2.24) is 0 Å². The van der Waals surface area contributed by atoms with Crippen LogP contribution in [0.1, 0.15) is 62.2 Å². The van der Waals surface area contributed by atoms with Gasteiger partial charge in [-0.1, -0.05) is 51.2 Å². The molecule has 4 rings (SSSR count). The number of hydrogen-bond acceptors (Lipinski definition) is 5. The van der Waals surface area contributed by atoms with Crippen LogP contribution in [-0.4, -0.2) is 38.7 Å². The van der Waals surface area contributed by atoms with Crippen molar-refractivity contribution in [2.75, 3.05) is 25.2 Å². The van der Waals surface area contributed by atoms with E-state index < -0.39 is 5.97 Å². The van der Waals surface area contributed by atoms with Gasteiger partial charge in [0, 0.05) is 24.1 Å². The highest BCUT2D eigenvalue weighted by molar-refractivity contribution is 7.20. The third kappa shape index (κ3) is 6.39. The van der Waals surface area contributed by atoms with Gasteiger partial charge in [0.2, 0.25) is 6.41 Å². The SMILES string of the molecule is CC1CCCCC1.COC(=O)c1cc(-c2ccc(F)cc2)sc1N(C=O)C1CCOCC1. The van der Waals surface area contributed by atoms with Crippen molar-refractivity contribution in [2.45, 2.75) is 57.9 Å². The second-order valence-electron chi connectivity index (χ2n) is 8.43. The Labute approximate surface area is 193 Å². The summed E-state index contributed by atoms with van der Waals surface area (Å²) in [7, 11) is 1.31. The predicted molar refractivity (Wildman–Crippen MR) is 126 cm³/mol. The largest absolute Gasteiger partial charge is 0.465 e. The lowest BCUT2D eigenvalue weighted by molar-refractivity contribution is -0.108. The Morgan fingerprint density at radius 1 is 1.12 bits per heavy atom. The average molecular weight is 462 g/mol. The molecule has 0 radical (unpaired) electrons. The molecule has 2 aromatic rings. The van der Waals surface area contributed by atoms with Crippen LogP contribution in [0.25, 0.3) is 10.4 Å². The predicted octanol–water partition coefficient (Wildman–Crippen LogP) is 6.07. The fourth-order valence-corrected chi connectivity index (χ4v) is 5.34. The van der Waals surface area contributed by atoms with E-state index in [1.165, 1.54) is 62.7 Å². The van der Waals surface area contributed by atoms with Crippen molar-refractivity contribution in [3.05, 3.63) is 41.7 Å².